The molecular weight excluding hydrogens is 214 g/mol. The Morgan fingerprint density at radius 3 is 2.82 bits per heavy atom. The highest BCUT2D eigenvalue weighted by atomic mass is 16.2. The van der Waals surface area contributed by atoms with Gasteiger partial charge in [0.1, 0.15) is 0 Å². The topological polar surface area (TPSA) is 48.1 Å². The van der Waals surface area contributed by atoms with Gasteiger partial charge in [-0.25, -0.2) is 4.79 Å². The number of urea groups is 1. The van der Waals surface area contributed by atoms with Crippen LogP contribution in [0.4, 0.5) is 4.79 Å². The van der Waals surface area contributed by atoms with Crippen LogP contribution in [0.15, 0.2) is 24.3 Å². The summed E-state index contributed by atoms with van der Waals surface area (Å²) in [5.74, 6) is 0. The van der Waals surface area contributed by atoms with Gasteiger partial charge in [-0.15, -0.1) is 0 Å². The van der Waals surface area contributed by atoms with Crippen LogP contribution in [0.5, 0.6) is 0 Å². The first-order valence-electron chi connectivity index (χ1n) is 5.59. The van der Waals surface area contributed by atoms with Gasteiger partial charge >= 0.3 is 6.03 Å². The van der Waals surface area contributed by atoms with Gasteiger partial charge < -0.3 is 15.2 Å². The second kappa shape index (κ2) is 4.49. The Bertz CT molecular complexity index is 543. The molecule has 2 amide bonds. The predicted molar refractivity (Wildman–Crippen MR) is 69.0 cm³/mol. The van der Waals surface area contributed by atoms with E-state index in [4.69, 9.17) is 0 Å². The first-order valence-corrected chi connectivity index (χ1v) is 5.59. The largest absolute Gasteiger partial charge is 0.359 e. The van der Waals surface area contributed by atoms with E-state index < -0.39 is 0 Å². The molecular formula is C13H17N3O. The summed E-state index contributed by atoms with van der Waals surface area (Å²) >= 11 is 0. The van der Waals surface area contributed by atoms with Crippen LogP contribution in [0.2, 0.25) is 0 Å². The van der Waals surface area contributed by atoms with Crippen LogP contribution >= 0.6 is 0 Å². The summed E-state index contributed by atoms with van der Waals surface area (Å²) in [6.45, 7) is 2.59. The molecule has 0 spiro atoms. The second-order valence-corrected chi connectivity index (χ2v) is 4.43. The quantitative estimate of drug-likeness (QED) is 0.818. The third kappa shape index (κ3) is 2.58. The molecule has 2 aromatic rings. The normalized spacial score (nSPS) is 10.5. The molecule has 0 bridgehead atoms. The number of hydrogen-bond acceptors (Lipinski definition) is 1. The summed E-state index contributed by atoms with van der Waals surface area (Å²) in [6, 6.07) is 8.19. The van der Waals surface area contributed by atoms with E-state index in [2.05, 4.69) is 22.4 Å². The van der Waals surface area contributed by atoms with Crippen molar-refractivity contribution >= 4 is 16.9 Å². The van der Waals surface area contributed by atoms with Gasteiger partial charge in [0.15, 0.2) is 0 Å². The molecule has 0 atom stereocenters. The van der Waals surface area contributed by atoms with Crippen molar-refractivity contribution < 1.29 is 4.79 Å². The maximum Gasteiger partial charge on any atom is 0.317 e. The number of amides is 2. The Labute approximate surface area is 101 Å². The Balaban J connectivity index is 2.11. The van der Waals surface area contributed by atoms with Crippen molar-refractivity contribution in [3.63, 3.8) is 0 Å². The van der Waals surface area contributed by atoms with Crippen molar-refractivity contribution in [2.24, 2.45) is 0 Å². The molecule has 0 saturated heterocycles. The number of nitrogens with zero attached hydrogens (tertiary/aromatic N) is 1. The van der Waals surface area contributed by atoms with Gasteiger partial charge in [0, 0.05) is 31.9 Å². The van der Waals surface area contributed by atoms with E-state index in [0.29, 0.717) is 6.54 Å². The van der Waals surface area contributed by atoms with Crippen LogP contribution in [-0.4, -0.2) is 30.0 Å². The maximum absolute atomic E-state index is 11.4. The van der Waals surface area contributed by atoms with Crippen molar-refractivity contribution in [2.75, 3.05) is 14.1 Å². The first kappa shape index (κ1) is 11.5. The van der Waals surface area contributed by atoms with Crippen molar-refractivity contribution in [1.82, 2.24) is 15.2 Å². The fraction of sp³-hybridized carbons (Fsp3) is 0.308. The SMILES string of the molecule is Cc1cc2cc(CNC(=O)N(C)C)ccc2[nH]1. The molecule has 90 valence electrons. The van der Waals surface area contributed by atoms with Gasteiger partial charge in [0.25, 0.3) is 0 Å². The van der Waals surface area contributed by atoms with Crippen LogP contribution < -0.4 is 5.32 Å². The molecule has 4 nitrogen and oxygen atoms in total. The highest BCUT2D eigenvalue weighted by molar-refractivity contribution is 5.81. The van der Waals surface area contributed by atoms with Crippen LogP contribution in [0.25, 0.3) is 10.9 Å². The van der Waals surface area contributed by atoms with Crippen LogP contribution in [-0.2, 0) is 6.54 Å². The van der Waals surface area contributed by atoms with E-state index in [1.54, 1.807) is 14.1 Å². The van der Waals surface area contributed by atoms with Crippen LogP contribution in [0.1, 0.15) is 11.3 Å². The van der Waals surface area contributed by atoms with E-state index in [0.717, 1.165) is 16.8 Å². The van der Waals surface area contributed by atoms with E-state index in [9.17, 15) is 4.79 Å². The highest BCUT2D eigenvalue weighted by Crippen LogP contribution is 2.16. The summed E-state index contributed by atoms with van der Waals surface area (Å²) in [4.78, 5) is 16.2. The molecule has 2 rings (SSSR count). The van der Waals surface area contributed by atoms with Crippen LogP contribution in [0, 0.1) is 6.92 Å². The van der Waals surface area contributed by atoms with Crippen molar-refractivity contribution in [3.05, 3.63) is 35.5 Å². The molecule has 1 heterocycles. The number of aryl methyl sites for hydroxylation is 1. The van der Waals surface area contributed by atoms with Gasteiger partial charge in [-0.2, -0.15) is 0 Å². The van der Waals surface area contributed by atoms with E-state index >= 15 is 0 Å². The lowest BCUT2D eigenvalue weighted by Crippen LogP contribution is -2.33. The summed E-state index contributed by atoms with van der Waals surface area (Å²) in [5.41, 5.74) is 3.38. The molecule has 1 aromatic heterocycles. The standard InChI is InChI=1S/C13H17N3O/c1-9-6-11-7-10(4-5-12(11)15-9)8-14-13(17)16(2)3/h4-7,15H,8H2,1-3H3,(H,14,17). The summed E-state index contributed by atoms with van der Waals surface area (Å²) < 4.78 is 0. The smallest absolute Gasteiger partial charge is 0.317 e. The molecule has 0 saturated carbocycles. The molecule has 0 aliphatic heterocycles. The fourth-order valence-electron chi connectivity index (χ4n) is 1.77. The Hall–Kier alpha value is -1.97. The van der Waals surface area contributed by atoms with E-state index in [1.807, 2.05) is 19.1 Å². The second-order valence-electron chi connectivity index (χ2n) is 4.43. The van der Waals surface area contributed by atoms with Gasteiger partial charge in [-0.3, -0.25) is 0 Å². The number of nitrogens with one attached hydrogen (secondary N) is 2. The van der Waals surface area contributed by atoms with Gasteiger partial charge in [-0.05, 0) is 36.1 Å². The first-order chi connectivity index (χ1) is 8.06. The molecule has 1 aromatic carbocycles. The number of aromatic nitrogens is 1. The monoisotopic (exact) mass is 231 g/mol. The minimum Gasteiger partial charge on any atom is -0.359 e. The summed E-state index contributed by atoms with van der Waals surface area (Å²) in [6.07, 6.45) is 0. The lowest BCUT2D eigenvalue weighted by Gasteiger charge is -2.11. The molecule has 17 heavy (non-hydrogen) atoms. The zero-order valence-corrected chi connectivity index (χ0v) is 10.4. The third-order valence-corrected chi connectivity index (χ3v) is 2.67. The van der Waals surface area contributed by atoms with E-state index in [1.165, 1.54) is 10.3 Å². The average molecular weight is 231 g/mol. The number of aromatic amines is 1. The lowest BCUT2D eigenvalue weighted by molar-refractivity contribution is 0.217. The van der Waals surface area contributed by atoms with Gasteiger partial charge in [0.05, 0.1) is 0 Å². The minimum atomic E-state index is -0.0738. The van der Waals surface area contributed by atoms with Crippen molar-refractivity contribution in [1.29, 1.82) is 0 Å². The summed E-state index contributed by atoms with van der Waals surface area (Å²) in [7, 11) is 3.46. The Kier molecular flexibility index (Phi) is 3.04. The number of fused-ring (bicyclic) bond motifs is 1. The zero-order chi connectivity index (χ0) is 12.4. The van der Waals surface area contributed by atoms with Gasteiger partial charge in [-0.1, -0.05) is 6.07 Å². The Morgan fingerprint density at radius 1 is 1.35 bits per heavy atom. The molecule has 2 N–H and O–H groups in total. The number of hydrogen-bond donors (Lipinski definition) is 2. The average Bonchev–Trinajstić information content (AvgIpc) is 2.64. The number of carbonyl (C=O) groups excluding carboxylic acids is 1. The van der Waals surface area contributed by atoms with Crippen LogP contribution in [0.3, 0.4) is 0 Å². The van der Waals surface area contributed by atoms with Gasteiger partial charge in [0.2, 0.25) is 0 Å². The molecule has 0 unspecified atom stereocenters. The fourth-order valence-corrected chi connectivity index (χ4v) is 1.77. The number of benzene rings is 1. The van der Waals surface area contributed by atoms with Crippen molar-refractivity contribution in [3.8, 4) is 0 Å². The molecule has 0 radical (unpaired) electrons. The molecule has 4 heteroatoms. The Morgan fingerprint density at radius 2 is 2.12 bits per heavy atom. The lowest BCUT2D eigenvalue weighted by atomic mass is 10.1. The molecule has 0 fully saturated rings. The van der Waals surface area contributed by atoms with Crippen molar-refractivity contribution in [2.45, 2.75) is 13.5 Å². The molecule has 0 aliphatic rings. The zero-order valence-electron chi connectivity index (χ0n) is 10.4. The van der Waals surface area contributed by atoms with E-state index in [-0.39, 0.29) is 6.03 Å². The minimum absolute atomic E-state index is 0.0738. The highest BCUT2D eigenvalue weighted by Gasteiger charge is 2.03. The number of rotatable bonds is 2. The summed E-state index contributed by atoms with van der Waals surface area (Å²) in [5, 5.41) is 4.03. The number of carbonyl (C=O) groups is 1. The molecule has 0 aliphatic carbocycles. The predicted octanol–water partition coefficient (Wildman–Crippen LogP) is 2.25. The maximum atomic E-state index is 11.4. The third-order valence-electron chi connectivity index (χ3n) is 2.67. The number of H-pyrrole nitrogens is 1.